The Morgan fingerprint density at radius 2 is 1.84 bits per heavy atom. The molecule has 1 aromatic heterocycles. The molecule has 104 valence electrons. The molecule has 6 heteroatoms. The Morgan fingerprint density at radius 3 is 2.32 bits per heavy atom. The molecule has 1 aromatic rings. The van der Waals surface area contributed by atoms with E-state index < -0.39 is 23.5 Å². The topological polar surface area (TPSA) is 78.4 Å². The van der Waals surface area contributed by atoms with Gasteiger partial charge in [-0.3, -0.25) is 9.59 Å². The van der Waals surface area contributed by atoms with Gasteiger partial charge in [-0.25, -0.2) is 9.97 Å². The molecule has 0 aliphatic heterocycles. The van der Waals surface area contributed by atoms with Crippen LogP contribution in [0, 0.1) is 0 Å². The summed E-state index contributed by atoms with van der Waals surface area (Å²) in [7, 11) is 1.27. The van der Waals surface area contributed by atoms with Crippen molar-refractivity contribution < 1.29 is 19.1 Å². The van der Waals surface area contributed by atoms with E-state index in [0.29, 0.717) is 5.56 Å². The van der Waals surface area contributed by atoms with Gasteiger partial charge in [-0.15, -0.1) is 0 Å². The molecule has 0 saturated heterocycles. The number of esters is 2. The van der Waals surface area contributed by atoms with E-state index in [4.69, 9.17) is 9.47 Å². The molecule has 1 heterocycles. The van der Waals surface area contributed by atoms with E-state index in [1.54, 1.807) is 20.8 Å². The molecule has 0 aliphatic rings. The van der Waals surface area contributed by atoms with Crippen molar-refractivity contribution in [2.45, 2.75) is 38.7 Å². The molecule has 1 unspecified atom stereocenters. The van der Waals surface area contributed by atoms with Crippen LogP contribution >= 0.6 is 0 Å². The second-order valence-electron chi connectivity index (χ2n) is 5.04. The minimum Gasteiger partial charge on any atom is -0.469 e. The number of carbonyl (C=O) groups excluding carboxylic acids is 2. The van der Waals surface area contributed by atoms with Crippen LogP contribution in [0.15, 0.2) is 18.7 Å². The van der Waals surface area contributed by atoms with Gasteiger partial charge in [0.25, 0.3) is 0 Å². The van der Waals surface area contributed by atoms with Crippen molar-refractivity contribution in [2.24, 2.45) is 0 Å². The van der Waals surface area contributed by atoms with Crippen LogP contribution < -0.4 is 0 Å². The molecule has 0 radical (unpaired) electrons. The van der Waals surface area contributed by atoms with Crippen LogP contribution in [0.25, 0.3) is 0 Å². The monoisotopic (exact) mass is 266 g/mol. The predicted molar refractivity (Wildman–Crippen MR) is 67.3 cm³/mol. The number of ether oxygens (including phenoxy) is 2. The van der Waals surface area contributed by atoms with Gasteiger partial charge < -0.3 is 9.47 Å². The van der Waals surface area contributed by atoms with Gasteiger partial charge in [0.05, 0.1) is 19.4 Å². The van der Waals surface area contributed by atoms with Gasteiger partial charge in [0.15, 0.2) is 0 Å². The summed E-state index contributed by atoms with van der Waals surface area (Å²) in [5.74, 6) is -1.73. The fourth-order valence-corrected chi connectivity index (χ4v) is 1.52. The predicted octanol–water partition coefficient (Wildman–Crippen LogP) is 1.47. The number of hydrogen-bond acceptors (Lipinski definition) is 6. The zero-order chi connectivity index (χ0) is 14.5. The summed E-state index contributed by atoms with van der Waals surface area (Å²) in [4.78, 5) is 31.2. The van der Waals surface area contributed by atoms with Crippen molar-refractivity contribution in [3.8, 4) is 0 Å². The lowest BCUT2D eigenvalue weighted by atomic mass is 9.98. The third-order valence-electron chi connectivity index (χ3n) is 2.26. The molecule has 0 bridgehead atoms. The number of carbonyl (C=O) groups is 2. The number of nitrogens with zero attached hydrogens (tertiary/aromatic N) is 2. The first kappa shape index (κ1) is 15.1. The van der Waals surface area contributed by atoms with Gasteiger partial charge in [0.1, 0.15) is 11.9 Å². The number of aromatic nitrogens is 2. The van der Waals surface area contributed by atoms with Crippen LogP contribution in [-0.4, -0.2) is 34.6 Å². The van der Waals surface area contributed by atoms with Crippen molar-refractivity contribution >= 4 is 11.9 Å². The maximum atomic E-state index is 11.8. The van der Waals surface area contributed by atoms with Crippen LogP contribution in [0.4, 0.5) is 0 Å². The largest absolute Gasteiger partial charge is 0.469 e. The van der Waals surface area contributed by atoms with Crippen molar-refractivity contribution in [3.05, 3.63) is 24.3 Å². The second-order valence-corrected chi connectivity index (χ2v) is 5.04. The zero-order valence-electron chi connectivity index (χ0n) is 11.5. The highest BCUT2D eigenvalue weighted by Gasteiger charge is 2.28. The Kier molecular flexibility index (Phi) is 4.97. The number of methoxy groups -OCH3 is 1. The lowest BCUT2D eigenvalue weighted by Crippen LogP contribution is -2.27. The van der Waals surface area contributed by atoms with E-state index in [-0.39, 0.29) is 6.42 Å². The van der Waals surface area contributed by atoms with E-state index in [1.807, 2.05) is 0 Å². The molecular weight excluding hydrogens is 248 g/mol. The molecule has 0 spiro atoms. The number of rotatable bonds is 4. The van der Waals surface area contributed by atoms with Crippen LogP contribution in [-0.2, 0) is 19.1 Å². The zero-order valence-corrected chi connectivity index (χ0v) is 11.5. The van der Waals surface area contributed by atoms with E-state index in [2.05, 4.69) is 9.97 Å². The van der Waals surface area contributed by atoms with Crippen molar-refractivity contribution in [3.63, 3.8) is 0 Å². The molecule has 1 rings (SSSR count). The summed E-state index contributed by atoms with van der Waals surface area (Å²) in [5.41, 5.74) is -0.0643. The van der Waals surface area contributed by atoms with Crippen molar-refractivity contribution in [2.75, 3.05) is 7.11 Å². The molecule has 19 heavy (non-hydrogen) atoms. The molecule has 0 N–H and O–H groups in total. The molecule has 0 fully saturated rings. The molecule has 6 nitrogen and oxygen atoms in total. The van der Waals surface area contributed by atoms with Crippen molar-refractivity contribution in [1.29, 1.82) is 0 Å². The molecule has 0 aliphatic carbocycles. The second kappa shape index (κ2) is 6.26. The van der Waals surface area contributed by atoms with E-state index in [9.17, 15) is 9.59 Å². The van der Waals surface area contributed by atoms with E-state index in [1.165, 1.54) is 25.8 Å². The maximum absolute atomic E-state index is 11.8. The molecule has 1 atom stereocenters. The molecular formula is C13H18N2O4. The SMILES string of the molecule is COC(=O)C(CC(=O)OC(C)(C)C)c1cncnc1. The minimum absolute atomic E-state index is 0.0999. The lowest BCUT2D eigenvalue weighted by molar-refractivity contribution is -0.158. The summed E-state index contributed by atoms with van der Waals surface area (Å²) >= 11 is 0. The Balaban J connectivity index is 2.83. The van der Waals surface area contributed by atoms with Gasteiger partial charge in [-0.1, -0.05) is 0 Å². The number of hydrogen-bond donors (Lipinski definition) is 0. The van der Waals surface area contributed by atoms with E-state index >= 15 is 0 Å². The van der Waals surface area contributed by atoms with Gasteiger partial charge >= 0.3 is 11.9 Å². The quantitative estimate of drug-likeness (QED) is 0.768. The minimum atomic E-state index is -0.749. The smallest absolute Gasteiger partial charge is 0.313 e. The highest BCUT2D eigenvalue weighted by atomic mass is 16.6. The Bertz CT molecular complexity index is 440. The molecule has 0 amide bonds. The van der Waals surface area contributed by atoms with Gasteiger partial charge in [0.2, 0.25) is 0 Å². The van der Waals surface area contributed by atoms with Gasteiger partial charge in [-0.2, -0.15) is 0 Å². The first-order chi connectivity index (χ1) is 8.83. The van der Waals surface area contributed by atoms with Crippen LogP contribution in [0.2, 0.25) is 0 Å². The fraction of sp³-hybridized carbons (Fsp3) is 0.538. The van der Waals surface area contributed by atoms with Crippen LogP contribution in [0.1, 0.15) is 38.7 Å². The summed E-state index contributed by atoms with van der Waals surface area (Å²) in [6, 6.07) is 0. The van der Waals surface area contributed by atoms with Crippen LogP contribution in [0.5, 0.6) is 0 Å². The first-order valence-corrected chi connectivity index (χ1v) is 5.88. The lowest BCUT2D eigenvalue weighted by Gasteiger charge is -2.21. The fourth-order valence-electron chi connectivity index (χ4n) is 1.52. The third-order valence-corrected chi connectivity index (χ3v) is 2.26. The Morgan fingerprint density at radius 1 is 1.26 bits per heavy atom. The highest BCUT2D eigenvalue weighted by Crippen LogP contribution is 2.22. The normalized spacial score (nSPS) is 12.6. The van der Waals surface area contributed by atoms with E-state index in [0.717, 1.165) is 0 Å². The Labute approximate surface area is 112 Å². The van der Waals surface area contributed by atoms with Gasteiger partial charge in [0, 0.05) is 18.0 Å². The Hall–Kier alpha value is -1.98. The molecule has 0 aromatic carbocycles. The first-order valence-electron chi connectivity index (χ1n) is 5.88. The third kappa shape index (κ3) is 5.03. The summed E-state index contributed by atoms with van der Waals surface area (Å²) in [6.07, 6.45) is 4.22. The summed E-state index contributed by atoms with van der Waals surface area (Å²) in [5, 5.41) is 0. The van der Waals surface area contributed by atoms with Crippen LogP contribution in [0.3, 0.4) is 0 Å². The average molecular weight is 266 g/mol. The maximum Gasteiger partial charge on any atom is 0.313 e. The van der Waals surface area contributed by atoms with Crippen molar-refractivity contribution in [1.82, 2.24) is 9.97 Å². The molecule has 0 saturated carbocycles. The van der Waals surface area contributed by atoms with Gasteiger partial charge in [-0.05, 0) is 20.8 Å². The highest BCUT2D eigenvalue weighted by molar-refractivity contribution is 5.84. The summed E-state index contributed by atoms with van der Waals surface area (Å²) in [6.45, 7) is 5.30. The standard InChI is InChI=1S/C13H18N2O4/c1-13(2,3)19-11(16)5-10(12(17)18-4)9-6-14-8-15-7-9/h6-8,10H,5H2,1-4H3. The average Bonchev–Trinajstić information content (AvgIpc) is 2.34. The summed E-state index contributed by atoms with van der Waals surface area (Å²) < 4.78 is 9.89.